The van der Waals surface area contributed by atoms with Crippen molar-refractivity contribution < 1.29 is 4.79 Å². The zero-order chi connectivity index (χ0) is 10.7. The van der Waals surface area contributed by atoms with Crippen LogP contribution in [-0.2, 0) is 0 Å². The van der Waals surface area contributed by atoms with Crippen molar-refractivity contribution in [3.8, 4) is 0 Å². The third-order valence-corrected chi connectivity index (χ3v) is 2.74. The van der Waals surface area contributed by atoms with Crippen LogP contribution in [0, 0.1) is 0 Å². The Kier molecular flexibility index (Phi) is 3.92. The van der Waals surface area contributed by atoms with Gasteiger partial charge in [0, 0.05) is 24.1 Å². The minimum atomic E-state index is -0.176. The lowest BCUT2D eigenvalue weighted by molar-refractivity contribution is 0.0857. The van der Waals surface area contributed by atoms with E-state index in [0.29, 0.717) is 10.6 Å². The summed E-state index contributed by atoms with van der Waals surface area (Å²) < 4.78 is 0.778. The maximum absolute atomic E-state index is 11.5. The Morgan fingerprint density at radius 1 is 1.50 bits per heavy atom. The standard InChI is InChI=1S/C9H10BrClN2O/c1-13(2)12-9(14)6-3-4-7(10)8(11)5-6/h3-5H,1-2H3,(H,12,14). The molecule has 0 aromatic heterocycles. The van der Waals surface area contributed by atoms with Crippen LogP contribution in [-0.4, -0.2) is 25.0 Å². The lowest BCUT2D eigenvalue weighted by atomic mass is 10.2. The molecular weight excluding hydrogens is 267 g/mol. The predicted octanol–water partition coefficient (Wildman–Crippen LogP) is 2.31. The lowest BCUT2D eigenvalue weighted by Gasteiger charge is -2.11. The number of carbonyl (C=O) groups excluding carboxylic acids is 1. The summed E-state index contributed by atoms with van der Waals surface area (Å²) in [5, 5.41) is 2.11. The highest BCUT2D eigenvalue weighted by Gasteiger charge is 2.07. The monoisotopic (exact) mass is 276 g/mol. The molecule has 14 heavy (non-hydrogen) atoms. The Balaban J connectivity index is 2.86. The molecule has 1 aromatic carbocycles. The Bertz CT molecular complexity index is 355. The summed E-state index contributed by atoms with van der Waals surface area (Å²) in [4.78, 5) is 11.5. The van der Waals surface area contributed by atoms with Gasteiger partial charge in [0.05, 0.1) is 5.02 Å². The number of hydrogen-bond acceptors (Lipinski definition) is 2. The highest BCUT2D eigenvalue weighted by Crippen LogP contribution is 2.22. The molecule has 1 rings (SSSR count). The molecule has 0 bridgehead atoms. The first kappa shape index (κ1) is 11.5. The molecule has 0 aliphatic heterocycles. The molecule has 0 radical (unpaired) electrons. The summed E-state index contributed by atoms with van der Waals surface area (Å²) in [6.07, 6.45) is 0. The van der Waals surface area contributed by atoms with Crippen molar-refractivity contribution in [2.24, 2.45) is 0 Å². The highest BCUT2D eigenvalue weighted by atomic mass is 79.9. The Hall–Kier alpha value is -0.580. The van der Waals surface area contributed by atoms with Crippen molar-refractivity contribution in [2.45, 2.75) is 0 Å². The molecule has 76 valence electrons. The summed E-state index contributed by atoms with van der Waals surface area (Å²) in [6, 6.07) is 5.06. The Labute approximate surface area is 96.1 Å². The van der Waals surface area contributed by atoms with Gasteiger partial charge >= 0.3 is 0 Å². The molecule has 0 aliphatic rings. The third kappa shape index (κ3) is 2.97. The van der Waals surface area contributed by atoms with Gasteiger partial charge < -0.3 is 0 Å². The van der Waals surface area contributed by atoms with Crippen LogP contribution in [0.2, 0.25) is 5.02 Å². The molecule has 1 amide bonds. The average molecular weight is 278 g/mol. The minimum absolute atomic E-state index is 0.176. The minimum Gasteiger partial charge on any atom is -0.285 e. The zero-order valence-corrected chi connectivity index (χ0v) is 10.2. The van der Waals surface area contributed by atoms with Crippen LogP contribution in [0.1, 0.15) is 10.4 Å². The molecule has 5 heteroatoms. The van der Waals surface area contributed by atoms with E-state index in [1.165, 1.54) is 0 Å². The van der Waals surface area contributed by atoms with E-state index in [9.17, 15) is 4.79 Å². The molecule has 0 saturated heterocycles. The normalized spacial score (nSPS) is 10.4. The summed E-state index contributed by atoms with van der Waals surface area (Å²) in [5.74, 6) is -0.176. The number of hydrazine groups is 1. The van der Waals surface area contributed by atoms with E-state index < -0.39 is 0 Å². The van der Waals surface area contributed by atoms with Gasteiger partial charge in [-0.05, 0) is 34.1 Å². The first-order chi connectivity index (χ1) is 6.50. The number of rotatable bonds is 2. The van der Waals surface area contributed by atoms with Gasteiger partial charge in [-0.3, -0.25) is 10.2 Å². The molecule has 0 atom stereocenters. The van der Waals surface area contributed by atoms with Crippen molar-refractivity contribution >= 4 is 33.4 Å². The summed E-state index contributed by atoms with van der Waals surface area (Å²) in [7, 11) is 3.50. The fourth-order valence-corrected chi connectivity index (χ4v) is 1.33. The van der Waals surface area contributed by atoms with Gasteiger partial charge in [-0.2, -0.15) is 0 Å². The molecule has 3 nitrogen and oxygen atoms in total. The van der Waals surface area contributed by atoms with Gasteiger partial charge in [0.1, 0.15) is 0 Å². The van der Waals surface area contributed by atoms with Crippen LogP contribution in [0.15, 0.2) is 22.7 Å². The van der Waals surface area contributed by atoms with Gasteiger partial charge in [-0.15, -0.1) is 0 Å². The van der Waals surface area contributed by atoms with Crippen LogP contribution in [0.4, 0.5) is 0 Å². The highest BCUT2D eigenvalue weighted by molar-refractivity contribution is 9.10. The summed E-state index contributed by atoms with van der Waals surface area (Å²) >= 11 is 9.11. The van der Waals surface area contributed by atoms with E-state index in [4.69, 9.17) is 11.6 Å². The third-order valence-electron chi connectivity index (χ3n) is 1.51. The zero-order valence-electron chi connectivity index (χ0n) is 7.84. The van der Waals surface area contributed by atoms with Crippen molar-refractivity contribution in [1.29, 1.82) is 0 Å². The van der Waals surface area contributed by atoms with E-state index in [1.807, 2.05) is 0 Å². The fourth-order valence-electron chi connectivity index (χ4n) is 0.905. The maximum Gasteiger partial charge on any atom is 0.265 e. The topological polar surface area (TPSA) is 32.3 Å². The lowest BCUT2D eigenvalue weighted by Crippen LogP contribution is -2.36. The number of nitrogens with one attached hydrogen (secondary N) is 1. The number of nitrogens with zero attached hydrogens (tertiary/aromatic N) is 1. The first-order valence-corrected chi connectivity index (χ1v) is 5.11. The van der Waals surface area contributed by atoms with Crippen LogP contribution < -0.4 is 5.43 Å². The fraction of sp³-hybridized carbons (Fsp3) is 0.222. The van der Waals surface area contributed by atoms with Crippen molar-refractivity contribution in [2.75, 3.05) is 14.1 Å². The van der Waals surface area contributed by atoms with Crippen LogP contribution in [0.25, 0.3) is 0 Å². The van der Waals surface area contributed by atoms with Crippen LogP contribution in [0.5, 0.6) is 0 Å². The Morgan fingerprint density at radius 2 is 2.14 bits per heavy atom. The molecule has 1 aromatic rings. The largest absolute Gasteiger partial charge is 0.285 e. The molecule has 0 aliphatic carbocycles. The predicted molar refractivity (Wildman–Crippen MR) is 60.3 cm³/mol. The second-order valence-electron chi connectivity index (χ2n) is 2.96. The number of benzene rings is 1. The van der Waals surface area contributed by atoms with E-state index >= 15 is 0 Å². The number of carbonyl (C=O) groups is 1. The van der Waals surface area contributed by atoms with Crippen molar-refractivity contribution in [3.63, 3.8) is 0 Å². The van der Waals surface area contributed by atoms with Gasteiger partial charge in [0.15, 0.2) is 0 Å². The SMILES string of the molecule is CN(C)NC(=O)c1ccc(Br)c(Cl)c1. The van der Waals surface area contributed by atoms with E-state index in [-0.39, 0.29) is 5.91 Å². The van der Waals surface area contributed by atoms with E-state index in [0.717, 1.165) is 4.47 Å². The summed E-state index contributed by atoms with van der Waals surface area (Å²) in [6.45, 7) is 0. The number of halogens is 2. The maximum atomic E-state index is 11.5. The molecular formula is C9H10BrClN2O. The number of hydrogen-bond donors (Lipinski definition) is 1. The summed E-state index contributed by atoms with van der Waals surface area (Å²) in [5.41, 5.74) is 3.16. The van der Waals surface area contributed by atoms with Crippen LogP contribution in [0.3, 0.4) is 0 Å². The van der Waals surface area contributed by atoms with Crippen LogP contribution >= 0.6 is 27.5 Å². The average Bonchev–Trinajstić information content (AvgIpc) is 2.08. The smallest absolute Gasteiger partial charge is 0.265 e. The second kappa shape index (κ2) is 4.77. The molecule has 0 spiro atoms. The molecule has 0 heterocycles. The molecule has 0 fully saturated rings. The van der Waals surface area contributed by atoms with Crippen molar-refractivity contribution in [3.05, 3.63) is 33.3 Å². The molecule has 1 N–H and O–H groups in total. The van der Waals surface area contributed by atoms with Crippen molar-refractivity contribution in [1.82, 2.24) is 10.4 Å². The molecule has 0 saturated carbocycles. The quantitative estimate of drug-likeness (QED) is 0.842. The number of amides is 1. The van der Waals surface area contributed by atoms with Gasteiger partial charge in [-0.25, -0.2) is 5.01 Å². The van der Waals surface area contributed by atoms with E-state index in [2.05, 4.69) is 21.4 Å². The molecule has 0 unspecified atom stereocenters. The van der Waals surface area contributed by atoms with E-state index in [1.54, 1.807) is 37.3 Å². The van der Waals surface area contributed by atoms with Gasteiger partial charge in [-0.1, -0.05) is 11.6 Å². The second-order valence-corrected chi connectivity index (χ2v) is 4.23. The van der Waals surface area contributed by atoms with Gasteiger partial charge in [0.25, 0.3) is 5.91 Å². The Morgan fingerprint density at radius 3 is 2.64 bits per heavy atom. The first-order valence-electron chi connectivity index (χ1n) is 3.94. The van der Waals surface area contributed by atoms with Gasteiger partial charge in [0.2, 0.25) is 0 Å².